The van der Waals surface area contributed by atoms with E-state index in [9.17, 15) is 10.1 Å². The van der Waals surface area contributed by atoms with Gasteiger partial charge in [-0.05, 0) is 35.9 Å². The van der Waals surface area contributed by atoms with E-state index in [0.717, 1.165) is 0 Å². The molecule has 0 fully saturated rings. The number of benzene rings is 2. The summed E-state index contributed by atoms with van der Waals surface area (Å²) in [5.74, 6) is 0.533. The third-order valence-electron chi connectivity index (χ3n) is 3.52. The van der Waals surface area contributed by atoms with E-state index in [0.29, 0.717) is 32.3 Å². The first kappa shape index (κ1) is 17.0. The summed E-state index contributed by atoms with van der Waals surface area (Å²) in [6.07, 6.45) is 1.55. The van der Waals surface area contributed by atoms with Crippen LogP contribution in [0.4, 0.5) is 0 Å². The van der Waals surface area contributed by atoms with Crippen LogP contribution in [0, 0.1) is 11.3 Å². The smallest absolute Gasteiger partial charge is 0.259 e. The number of para-hydroxylation sites is 1. The van der Waals surface area contributed by atoms with E-state index in [1.807, 2.05) is 6.07 Å². The van der Waals surface area contributed by atoms with E-state index in [-0.39, 0.29) is 17.0 Å². The number of H-pyrrole nitrogens is 1. The maximum atomic E-state index is 12.2. The molecule has 1 N–H and O–H groups in total. The molecule has 0 bridgehead atoms. The van der Waals surface area contributed by atoms with E-state index in [1.54, 1.807) is 42.5 Å². The van der Waals surface area contributed by atoms with Gasteiger partial charge in [-0.2, -0.15) is 5.26 Å². The zero-order chi connectivity index (χ0) is 18.0. The van der Waals surface area contributed by atoms with Crippen LogP contribution in [0.15, 0.2) is 41.2 Å². The summed E-state index contributed by atoms with van der Waals surface area (Å²) >= 11 is 12.2. The van der Waals surface area contributed by atoms with Crippen LogP contribution < -0.4 is 10.3 Å². The summed E-state index contributed by atoms with van der Waals surface area (Å²) in [6, 6.07) is 12.2. The Kier molecular flexibility index (Phi) is 4.75. The van der Waals surface area contributed by atoms with Crippen molar-refractivity contribution in [2.45, 2.75) is 0 Å². The largest absolute Gasteiger partial charge is 0.494 e. The molecule has 0 aliphatic rings. The Hall–Kier alpha value is -2.81. The maximum Gasteiger partial charge on any atom is 0.259 e. The summed E-state index contributed by atoms with van der Waals surface area (Å²) in [4.78, 5) is 19.1. The lowest BCUT2D eigenvalue weighted by molar-refractivity contribution is 0.415. The minimum absolute atomic E-state index is 0.175. The van der Waals surface area contributed by atoms with E-state index in [2.05, 4.69) is 9.97 Å². The highest BCUT2D eigenvalue weighted by Gasteiger charge is 2.11. The van der Waals surface area contributed by atoms with Gasteiger partial charge in [0.25, 0.3) is 5.56 Å². The highest BCUT2D eigenvalue weighted by Crippen LogP contribution is 2.34. The molecule has 2 aromatic carbocycles. The number of methoxy groups -OCH3 is 1. The molecule has 25 heavy (non-hydrogen) atoms. The first-order valence-electron chi connectivity index (χ1n) is 7.17. The summed E-state index contributed by atoms with van der Waals surface area (Å²) in [6.45, 7) is 0. The van der Waals surface area contributed by atoms with Crippen LogP contribution in [-0.4, -0.2) is 17.1 Å². The van der Waals surface area contributed by atoms with Gasteiger partial charge in [-0.25, -0.2) is 4.98 Å². The molecule has 124 valence electrons. The van der Waals surface area contributed by atoms with Crippen molar-refractivity contribution < 1.29 is 4.74 Å². The molecule has 1 heterocycles. The lowest BCUT2D eigenvalue weighted by atomic mass is 10.1. The summed E-state index contributed by atoms with van der Waals surface area (Å²) in [5.41, 5.74) is 0.962. The Bertz CT molecular complexity index is 1070. The average molecular weight is 372 g/mol. The van der Waals surface area contributed by atoms with Gasteiger partial charge in [-0.15, -0.1) is 0 Å². The fourth-order valence-electron chi connectivity index (χ4n) is 2.39. The predicted octanol–water partition coefficient (Wildman–Crippen LogP) is 4.30. The topological polar surface area (TPSA) is 78.8 Å². The number of allylic oxidation sites excluding steroid dienone is 1. The van der Waals surface area contributed by atoms with Crippen molar-refractivity contribution in [1.82, 2.24) is 9.97 Å². The van der Waals surface area contributed by atoms with Gasteiger partial charge in [-0.1, -0.05) is 35.3 Å². The maximum absolute atomic E-state index is 12.2. The number of hydrogen-bond acceptors (Lipinski definition) is 4. The third-order valence-corrected chi connectivity index (χ3v) is 4.09. The van der Waals surface area contributed by atoms with Crippen molar-refractivity contribution in [3.63, 3.8) is 0 Å². The highest BCUT2D eigenvalue weighted by molar-refractivity contribution is 6.37. The number of rotatable bonds is 3. The molecule has 0 spiro atoms. The SMILES string of the molecule is COc1c(Cl)cc(/C=C(/C#N)c2nc3ccccc3c(=O)[nH]2)cc1Cl. The number of hydrogen-bond donors (Lipinski definition) is 1. The van der Waals surface area contributed by atoms with Crippen LogP contribution in [0.1, 0.15) is 11.4 Å². The Balaban J connectivity index is 2.14. The number of nitrogens with zero attached hydrogens (tertiary/aromatic N) is 2. The average Bonchev–Trinajstić information content (AvgIpc) is 2.59. The Labute approximate surface area is 153 Å². The second-order valence-electron chi connectivity index (χ2n) is 5.12. The molecular weight excluding hydrogens is 361 g/mol. The summed E-state index contributed by atoms with van der Waals surface area (Å²) < 4.78 is 5.10. The number of aromatic nitrogens is 2. The Morgan fingerprint density at radius 1 is 1.28 bits per heavy atom. The van der Waals surface area contributed by atoms with Gasteiger partial charge in [-0.3, -0.25) is 4.79 Å². The highest BCUT2D eigenvalue weighted by atomic mass is 35.5. The monoisotopic (exact) mass is 371 g/mol. The molecule has 3 aromatic rings. The molecule has 3 rings (SSSR count). The second kappa shape index (κ2) is 6.98. The first-order chi connectivity index (χ1) is 12.0. The van der Waals surface area contributed by atoms with Crippen molar-refractivity contribution in [1.29, 1.82) is 5.26 Å². The third kappa shape index (κ3) is 3.36. The van der Waals surface area contributed by atoms with Crippen molar-refractivity contribution in [2.24, 2.45) is 0 Å². The fourth-order valence-corrected chi connectivity index (χ4v) is 3.05. The summed E-state index contributed by atoms with van der Waals surface area (Å²) in [5, 5.41) is 10.6. The minimum atomic E-state index is -0.312. The molecule has 1 aromatic heterocycles. The molecular formula is C18H11Cl2N3O2. The van der Waals surface area contributed by atoms with Crippen LogP contribution in [0.5, 0.6) is 5.75 Å². The molecule has 0 aliphatic carbocycles. The number of ether oxygens (including phenoxy) is 1. The van der Waals surface area contributed by atoms with Crippen LogP contribution in [-0.2, 0) is 0 Å². The van der Waals surface area contributed by atoms with E-state index in [1.165, 1.54) is 7.11 Å². The van der Waals surface area contributed by atoms with Crippen LogP contribution in [0.3, 0.4) is 0 Å². The number of aromatic amines is 1. The van der Waals surface area contributed by atoms with Gasteiger partial charge in [0.2, 0.25) is 0 Å². The standard InChI is InChI=1S/C18H11Cl2N3O2/c1-25-16-13(19)7-10(8-14(16)20)6-11(9-21)17-22-15-5-3-2-4-12(15)18(24)23-17/h2-8H,1H3,(H,22,23,24)/b11-6-. The lowest BCUT2D eigenvalue weighted by Crippen LogP contribution is -2.11. The molecule has 0 amide bonds. The van der Waals surface area contributed by atoms with Gasteiger partial charge >= 0.3 is 0 Å². The quantitative estimate of drug-likeness (QED) is 0.695. The molecule has 0 saturated heterocycles. The zero-order valence-electron chi connectivity index (χ0n) is 13.0. The molecule has 0 aliphatic heterocycles. The first-order valence-corrected chi connectivity index (χ1v) is 7.93. The normalized spacial score (nSPS) is 11.4. The van der Waals surface area contributed by atoms with Gasteiger partial charge < -0.3 is 9.72 Å². The van der Waals surface area contributed by atoms with Crippen molar-refractivity contribution in [3.05, 3.63) is 68.2 Å². The van der Waals surface area contributed by atoms with Crippen molar-refractivity contribution in [3.8, 4) is 11.8 Å². The van der Waals surface area contributed by atoms with Crippen LogP contribution in [0.25, 0.3) is 22.6 Å². The van der Waals surface area contributed by atoms with E-state index >= 15 is 0 Å². The van der Waals surface area contributed by atoms with E-state index < -0.39 is 0 Å². The molecule has 7 heteroatoms. The van der Waals surface area contributed by atoms with Gasteiger partial charge in [0, 0.05) is 0 Å². The molecule has 0 saturated carbocycles. The Morgan fingerprint density at radius 3 is 2.60 bits per heavy atom. The number of nitrogens with one attached hydrogen (secondary N) is 1. The van der Waals surface area contributed by atoms with Gasteiger partial charge in [0.15, 0.2) is 11.6 Å². The molecule has 0 atom stereocenters. The minimum Gasteiger partial charge on any atom is -0.494 e. The number of fused-ring (bicyclic) bond motifs is 1. The Morgan fingerprint density at radius 2 is 1.96 bits per heavy atom. The lowest BCUT2D eigenvalue weighted by Gasteiger charge is -2.07. The van der Waals surface area contributed by atoms with Gasteiger partial charge in [0.05, 0.1) is 33.6 Å². The zero-order valence-corrected chi connectivity index (χ0v) is 14.5. The number of halogens is 2. The number of nitriles is 1. The predicted molar refractivity (Wildman–Crippen MR) is 98.9 cm³/mol. The van der Waals surface area contributed by atoms with Crippen LogP contribution in [0.2, 0.25) is 10.0 Å². The molecule has 0 radical (unpaired) electrons. The van der Waals surface area contributed by atoms with Crippen molar-refractivity contribution in [2.75, 3.05) is 7.11 Å². The fraction of sp³-hybridized carbons (Fsp3) is 0.0556. The molecule has 5 nitrogen and oxygen atoms in total. The van der Waals surface area contributed by atoms with E-state index in [4.69, 9.17) is 27.9 Å². The second-order valence-corrected chi connectivity index (χ2v) is 5.93. The molecule has 0 unspecified atom stereocenters. The van der Waals surface area contributed by atoms with Crippen LogP contribution >= 0.6 is 23.2 Å². The van der Waals surface area contributed by atoms with Crippen molar-refractivity contribution >= 4 is 45.8 Å². The summed E-state index contributed by atoms with van der Waals surface area (Å²) in [7, 11) is 1.47. The van der Waals surface area contributed by atoms with Gasteiger partial charge in [0.1, 0.15) is 6.07 Å².